The van der Waals surface area contributed by atoms with E-state index in [0.29, 0.717) is 32.1 Å². The molecule has 0 aliphatic heterocycles. The highest BCUT2D eigenvalue weighted by molar-refractivity contribution is 7.47. The molecule has 5 atom stereocenters. The van der Waals surface area contributed by atoms with Crippen molar-refractivity contribution in [2.75, 3.05) is 39.6 Å². The summed E-state index contributed by atoms with van der Waals surface area (Å²) in [4.78, 5) is 73.1. The van der Waals surface area contributed by atoms with Crippen LogP contribution in [0.5, 0.6) is 0 Å². The van der Waals surface area contributed by atoms with E-state index in [2.05, 4.69) is 180 Å². The molecule has 0 aliphatic rings. The van der Waals surface area contributed by atoms with Gasteiger partial charge in [-0.25, -0.2) is 9.13 Å². The van der Waals surface area contributed by atoms with Crippen molar-refractivity contribution in [3.05, 3.63) is 170 Å². The number of unbranched alkanes of at least 4 members (excludes halogenated alkanes) is 22. The quantitative estimate of drug-likeness (QED) is 0.0169. The van der Waals surface area contributed by atoms with Crippen molar-refractivity contribution >= 4 is 39.5 Å². The van der Waals surface area contributed by atoms with E-state index >= 15 is 0 Å². The van der Waals surface area contributed by atoms with Gasteiger partial charge in [0.15, 0.2) is 12.2 Å². The predicted molar refractivity (Wildman–Crippen MR) is 445 cm³/mol. The van der Waals surface area contributed by atoms with Gasteiger partial charge in [-0.2, -0.15) is 0 Å². The summed E-state index contributed by atoms with van der Waals surface area (Å²) in [7, 11) is -10.0. The zero-order valence-electron chi connectivity index (χ0n) is 67.2. The van der Waals surface area contributed by atoms with E-state index in [1.54, 1.807) is 0 Å². The number of phosphoric acid groups is 2. The molecule has 0 amide bonds. The average molecular weight is 1550 g/mol. The fourth-order valence-electron chi connectivity index (χ4n) is 10.5. The van der Waals surface area contributed by atoms with Gasteiger partial charge in [-0.15, -0.1) is 0 Å². The Labute approximate surface area is 654 Å². The van der Waals surface area contributed by atoms with Crippen LogP contribution in [0.3, 0.4) is 0 Å². The number of hydrogen-bond donors (Lipinski definition) is 3. The normalized spacial score (nSPS) is 14.7. The first-order chi connectivity index (χ1) is 52.7. The van der Waals surface area contributed by atoms with E-state index < -0.39 is 97.5 Å². The standard InChI is InChI=1S/C89H146O17P2/c1-5-9-13-17-21-25-29-33-37-39-41-43-47-50-54-58-62-66-70-74-87(92)100-80-85(106-89(94)76-72-68-64-60-56-52-48-44-42-40-38-34-30-26-22-18-14-10-6-2)82-104-108(97,98)102-78-83(90)77-101-107(95,96)103-81-84(105-88(93)75-71-67-63-59-55-51-46-36-32-28-24-20-16-12-8-4)79-99-86(91)73-69-65-61-57-53-49-45-35-31-27-23-19-15-11-7-3/h9-11,13-15,21-23,25-27,33-35,37-38,41-45,50,52,54,56,62,66,83-85,90H,5-8,12,16-20,24,28-32,36,39-40,46-49,51,53,55,57-61,63-65,67-82H2,1-4H3,(H,95,96)(H,97,98)/b13-9-,14-10-,15-11-,25-21-,26-22-,27-23-,37-33-,38-34-,43-41-,44-42-,45-35-,54-50-,56-52-,66-62-. The number of hydrogen-bond acceptors (Lipinski definition) is 15. The summed E-state index contributed by atoms with van der Waals surface area (Å²) >= 11 is 0. The van der Waals surface area contributed by atoms with Crippen molar-refractivity contribution in [3.8, 4) is 0 Å². The van der Waals surface area contributed by atoms with Gasteiger partial charge >= 0.3 is 39.5 Å². The first kappa shape index (κ1) is 102. The summed E-state index contributed by atoms with van der Waals surface area (Å²) in [5.41, 5.74) is 0. The van der Waals surface area contributed by atoms with Crippen molar-refractivity contribution < 1.29 is 80.2 Å². The largest absolute Gasteiger partial charge is 0.472 e. The van der Waals surface area contributed by atoms with Crippen LogP contribution in [0.25, 0.3) is 0 Å². The maximum absolute atomic E-state index is 13.1. The Kier molecular flexibility index (Phi) is 75.4. The summed E-state index contributed by atoms with van der Waals surface area (Å²) < 4.78 is 68.6. The van der Waals surface area contributed by atoms with Gasteiger partial charge in [-0.1, -0.05) is 313 Å². The van der Waals surface area contributed by atoms with Gasteiger partial charge in [0.1, 0.15) is 19.3 Å². The number of carbonyl (C=O) groups is 4. The number of aliphatic hydroxyl groups is 1. The van der Waals surface area contributed by atoms with E-state index in [-0.39, 0.29) is 25.7 Å². The molecule has 0 saturated carbocycles. The first-order valence-electron chi connectivity index (χ1n) is 41.4. The van der Waals surface area contributed by atoms with Crippen LogP contribution >= 0.6 is 15.6 Å². The third-order valence-electron chi connectivity index (χ3n) is 16.7. The number of allylic oxidation sites excluding steroid dienone is 28. The molecule has 17 nitrogen and oxygen atoms in total. The highest BCUT2D eigenvalue weighted by Gasteiger charge is 2.30. The van der Waals surface area contributed by atoms with Crippen LogP contribution in [-0.2, 0) is 65.4 Å². The van der Waals surface area contributed by atoms with Crippen molar-refractivity contribution in [3.63, 3.8) is 0 Å². The highest BCUT2D eigenvalue weighted by Crippen LogP contribution is 2.45. The minimum absolute atomic E-state index is 0.0224. The molecule has 614 valence electrons. The number of carbonyl (C=O) groups excluding carboxylic acids is 4. The van der Waals surface area contributed by atoms with Crippen molar-refractivity contribution in [2.45, 2.75) is 329 Å². The Hall–Kier alpha value is -5.58. The predicted octanol–water partition coefficient (Wildman–Crippen LogP) is 24.6. The molecular formula is C89H146O17P2. The van der Waals surface area contributed by atoms with E-state index in [0.717, 1.165) is 161 Å². The summed E-state index contributed by atoms with van der Waals surface area (Å²) in [6.07, 6.45) is 94.8. The summed E-state index contributed by atoms with van der Waals surface area (Å²) in [6.45, 7) is 4.41. The zero-order valence-corrected chi connectivity index (χ0v) is 69.0. The summed E-state index contributed by atoms with van der Waals surface area (Å²) in [5, 5.41) is 10.7. The van der Waals surface area contributed by atoms with Gasteiger partial charge in [0.05, 0.1) is 26.4 Å². The molecule has 0 aromatic rings. The first-order valence-corrected chi connectivity index (χ1v) is 44.4. The van der Waals surface area contributed by atoms with E-state index in [4.69, 9.17) is 37.0 Å². The maximum Gasteiger partial charge on any atom is 0.472 e. The van der Waals surface area contributed by atoms with Gasteiger partial charge in [-0.3, -0.25) is 37.3 Å². The molecule has 0 bridgehead atoms. The van der Waals surface area contributed by atoms with Crippen LogP contribution in [-0.4, -0.2) is 96.7 Å². The van der Waals surface area contributed by atoms with Gasteiger partial charge < -0.3 is 33.8 Å². The number of esters is 4. The Morgan fingerprint density at radius 1 is 0.269 bits per heavy atom. The number of phosphoric ester groups is 2. The average Bonchev–Trinajstić information content (AvgIpc) is 0.896. The Morgan fingerprint density at radius 3 is 0.806 bits per heavy atom. The number of ether oxygens (including phenoxy) is 4. The second kappa shape index (κ2) is 79.5. The van der Waals surface area contributed by atoms with Crippen LogP contribution in [0, 0.1) is 0 Å². The van der Waals surface area contributed by atoms with Crippen LogP contribution in [0.4, 0.5) is 0 Å². The molecule has 0 aromatic heterocycles. The molecule has 0 heterocycles. The van der Waals surface area contributed by atoms with Crippen molar-refractivity contribution in [1.82, 2.24) is 0 Å². The lowest BCUT2D eigenvalue weighted by Crippen LogP contribution is -2.30. The second-order valence-electron chi connectivity index (χ2n) is 26.9. The molecule has 0 fully saturated rings. The van der Waals surface area contributed by atoms with Gasteiger partial charge in [0.25, 0.3) is 0 Å². The third-order valence-corrected chi connectivity index (χ3v) is 18.6. The molecule has 0 saturated heterocycles. The minimum atomic E-state index is -5.01. The van der Waals surface area contributed by atoms with Gasteiger partial charge in [0.2, 0.25) is 0 Å². The van der Waals surface area contributed by atoms with E-state index in [1.807, 2.05) is 18.2 Å². The monoisotopic (exact) mass is 1550 g/mol. The molecule has 0 radical (unpaired) electrons. The maximum atomic E-state index is 13.1. The van der Waals surface area contributed by atoms with Crippen LogP contribution < -0.4 is 0 Å². The minimum Gasteiger partial charge on any atom is -0.462 e. The molecular weight excluding hydrogens is 1400 g/mol. The smallest absolute Gasteiger partial charge is 0.462 e. The molecule has 0 rings (SSSR count). The van der Waals surface area contributed by atoms with Crippen LogP contribution in [0.1, 0.15) is 310 Å². The lowest BCUT2D eigenvalue weighted by Gasteiger charge is -2.21. The van der Waals surface area contributed by atoms with Crippen LogP contribution in [0.15, 0.2) is 170 Å². The Balaban J connectivity index is 5.50. The SMILES string of the molecule is CC/C=C\C/C=C\C/C=C\C/C=C\C/C=C\C/C=C\CCC(=O)OCC(COP(=O)(O)OCC(O)COP(=O)(O)OCC(COC(=O)CCCCCCC/C=C\C/C=C\C/C=C\CC)OC(=O)CCCCCCCCCCCCCCCCC)OC(=O)CCCCC/C=C\C/C=C\C/C=C\C/C=C\C/C=C\CC. The number of rotatable bonds is 76. The molecule has 5 unspecified atom stereocenters. The van der Waals surface area contributed by atoms with Crippen molar-refractivity contribution in [2.24, 2.45) is 0 Å². The number of aliphatic hydroxyl groups excluding tert-OH is 1. The molecule has 0 aromatic carbocycles. The van der Waals surface area contributed by atoms with Gasteiger partial charge in [0, 0.05) is 25.7 Å². The lowest BCUT2D eigenvalue weighted by atomic mass is 10.0. The van der Waals surface area contributed by atoms with Gasteiger partial charge in [-0.05, 0) is 141 Å². The third kappa shape index (κ3) is 78.5. The summed E-state index contributed by atoms with van der Waals surface area (Å²) in [5.74, 6) is -2.33. The van der Waals surface area contributed by atoms with E-state index in [9.17, 15) is 43.2 Å². The lowest BCUT2D eigenvalue weighted by molar-refractivity contribution is -0.161. The van der Waals surface area contributed by atoms with E-state index in [1.165, 1.54) is 64.2 Å². The Bertz CT molecular complexity index is 2710. The zero-order chi connectivity index (χ0) is 78.9. The molecule has 0 aliphatic carbocycles. The highest BCUT2D eigenvalue weighted by atomic mass is 31.2. The fraction of sp³-hybridized carbons (Fsp3) is 0.640. The molecule has 19 heteroatoms. The second-order valence-corrected chi connectivity index (χ2v) is 29.8. The molecule has 3 N–H and O–H groups in total. The van der Waals surface area contributed by atoms with Crippen LogP contribution in [0.2, 0.25) is 0 Å². The topological polar surface area (TPSA) is 237 Å². The Morgan fingerprint density at radius 2 is 0.500 bits per heavy atom. The van der Waals surface area contributed by atoms with Crippen molar-refractivity contribution in [1.29, 1.82) is 0 Å². The molecule has 0 spiro atoms. The summed E-state index contributed by atoms with van der Waals surface area (Å²) in [6, 6.07) is 0. The fourth-order valence-corrected chi connectivity index (χ4v) is 12.1. The molecule has 108 heavy (non-hydrogen) atoms.